The minimum atomic E-state index is -0.625. The molecule has 1 aliphatic heterocycles. The number of carbonyl (C=O) groups excluding carboxylic acids is 2. The minimum absolute atomic E-state index is 0.337. The van der Waals surface area contributed by atoms with Gasteiger partial charge in [-0.3, -0.25) is 4.90 Å². The van der Waals surface area contributed by atoms with Crippen LogP contribution in [-0.2, 0) is 9.53 Å². The molecule has 7 nitrogen and oxygen atoms in total. The number of nitrogens with one attached hydrogen (secondary N) is 1. The van der Waals surface area contributed by atoms with Crippen molar-refractivity contribution in [1.29, 1.82) is 0 Å². The van der Waals surface area contributed by atoms with Gasteiger partial charge in [-0.15, -0.1) is 0 Å². The van der Waals surface area contributed by atoms with E-state index in [1.165, 1.54) is 12.0 Å². The summed E-state index contributed by atoms with van der Waals surface area (Å²) < 4.78 is 15.3. The lowest BCUT2D eigenvalue weighted by atomic mass is 9.94. The topological polar surface area (TPSA) is 77.1 Å². The molecule has 2 aromatic carbocycles. The molecule has 0 fully saturated rings. The molecule has 1 aliphatic rings. The fourth-order valence-corrected chi connectivity index (χ4v) is 3.21. The summed E-state index contributed by atoms with van der Waals surface area (Å²) in [5.74, 6) is 0.856. The summed E-state index contributed by atoms with van der Waals surface area (Å²) in [5, 5.41) is 2.90. The summed E-state index contributed by atoms with van der Waals surface area (Å²) in [7, 11) is 4.47. The zero-order valence-corrected chi connectivity index (χ0v) is 16.2. The summed E-state index contributed by atoms with van der Waals surface area (Å²) in [6.45, 7) is 1.73. The van der Waals surface area contributed by atoms with Crippen LogP contribution in [-0.4, -0.2) is 33.3 Å². The number of nitrogens with zero attached hydrogens (tertiary/aromatic N) is 1. The van der Waals surface area contributed by atoms with E-state index in [1.807, 2.05) is 12.1 Å². The van der Waals surface area contributed by atoms with Gasteiger partial charge in [-0.25, -0.2) is 9.59 Å². The third kappa shape index (κ3) is 3.51. The van der Waals surface area contributed by atoms with E-state index in [0.717, 1.165) is 5.56 Å². The van der Waals surface area contributed by atoms with Crippen molar-refractivity contribution < 1.29 is 23.8 Å². The molecular formula is C21H22N2O5. The lowest BCUT2D eigenvalue weighted by molar-refractivity contribution is -0.136. The minimum Gasteiger partial charge on any atom is -0.497 e. The largest absolute Gasteiger partial charge is 0.497 e. The highest BCUT2D eigenvalue weighted by Crippen LogP contribution is 2.35. The summed E-state index contributed by atoms with van der Waals surface area (Å²) in [6.07, 6.45) is 0. The van der Waals surface area contributed by atoms with Crippen molar-refractivity contribution in [2.75, 3.05) is 26.2 Å². The predicted octanol–water partition coefficient (Wildman–Crippen LogP) is 3.42. The molecular weight excluding hydrogens is 360 g/mol. The second-order valence-electron chi connectivity index (χ2n) is 6.18. The Labute approximate surface area is 163 Å². The van der Waals surface area contributed by atoms with Crippen LogP contribution >= 0.6 is 0 Å². The van der Waals surface area contributed by atoms with E-state index in [-0.39, 0.29) is 6.03 Å². The molecule has 0 saturated carbocycles. The maximum Gasteiger partial charge on any atom is 0.337 e. The molecule has 1 atom stereocenters. The van der Waals surface area contributed by atoms with Gasteiger partial charge in [0, 0.05) is 5.70 Å². The van der Waals surface area contributed by atoms with Crippen LogP contribution in [0.4, 0.5) is 10.5 Å². The van der Waals surface area contributed by atoms with Crippen LogP contribution in [0.1, 0.15) is 18.5 Å². The maximum absolute atomic E-state index is 12.9. The second-order valence-corrected chi connectivity index (χ2v) is 6.18. The smallest absolute Gasteiger partial charge is 0.337 e. The summed E-state index contributed by atoms with van der Waals surface area (Å²) >= 11 is 0. The fraction of sp³-hybridized carbons (Fsp3) is 0.238. The van der Waals surface area contributed by atoms with Crippen LogP contribution in [0.3, 0.4) is 0 Å². The molecule has 146 valence electrons. The number of hydrogen-bond donors (Lipinski definition) is 1. The first-order chi connectivity index (χ1) is 13.5. The first kappa shape index (κ1) is 19.3. The predicted molar refractivity (Wildman–Crippen MR) is 104 cm³/mol. The van der Waals surface area contributed by atoms with Crippen molar-refractivity contribution in [2.45, 2.75) is 13.0 Å². The van der Waals surface area contributed by atoms with Crippen LogP contribution in [0.25, 0.3) is 0 Å². The van der Waals surface area contributed by atoms with Gasteiger partial charge in [0.1, 0.15) is 11.5 Å². The lowest BCUT2D eigenvalue weighted by Gasteiger charge is -2.35. The standard InChI is InChI=1S/C21H22N2O5/c1-13-18(20(24)28-4)19(14-5-9-16(26-2)10-6-14)22-21(25)23(13)15-7-11-17(27-3)12-8-15/h5-12,19H,1-4H3,(H,22,25)/t19-/m0/s1. The van der Waals surface area contributed by atoms with Gasteiger partial charge in [-0.05, 0) is 48.9 Å². The number of benzene rings is 2. The summed E-state index contributed by atoms with van der Waals surface area (Å²) in [5.41, 5.74) is 2.23. The molecule has 28 heavy (non-hydrogen) atoms. The fourth-order valence-electron chi connectivity index (χ4n) is 3.21. The SMILES string of the molecule is COC(=O)C1=C(C)N(c2ccc(OC)cc2)C(=O)N[C@H]1c1ccc(OC)cc1. The van der Waals surface area contributed by atoms with E-state index >= 15 is 0 Å². The number of ether oxygens (including phenoxy) is 3. The highest BCUT2D eigenvalue weighted by Gasteiger charge is 2.36. The van der Waals surface area contributed by atoms with E-state index in [1.54, 1.807) is 57.5 Å². The Balaban J connectivity index is 2.07. The zero-order valence-electron chi connectivity index (χ0n) is 16.2. The Morgan fingerprint density at radius 3 is 1.96 bits per heavy atom. The molecule has 0 spiro atoms. The van der Waals surface area contributed by atoms with E-state index in [2.05, 4.69) is 5.32 Å². The van der Waals surface area contributed by atoms with Gasteiger partial charge in [0.05, 0.1) is 38.6 Å². The zero-order chi connectivity index (χ0) is 20.3. The molecule has 0 saturated heterocycles. The number of carbonyl (C=O) groups is 2. The van der Waals surface area contributed by atoms with Gasteiger partial charge >= 0.3 is 12.0 Å². The van der Waals surface area contributed by atoms with Gasteiger partial charge in [-0.1, -0.05) is 12.1 Å². The van der Waals surface area contributed by atoms with Gasteiger partial charge in [0.2, 0.25) is 0 Å². The Kier molecular flexibility index (Phi) is 5.54. The quantitative estimate of drug-likeness (QED) is 0.802. The van der Waals surface area contributed by atoms with Crippen molar-refractivity contribution in [1.82, 2.24) is 5.32 Å². The van der Waals surface area contributed by atoms with Crippen molar-refractivity contribution in [2.24, 2.45) is 0 Å². The monoisotopic (exact) mass is 382 g/mol. The Morgan fingerprint density at radius 1 is 0.929 bits per heavy atom. The molecule has 0 radical (unpaired) electrons. The van der Waals surface area contributed by atoms with Crippen LogP contribution in [0.2, 0.25) is 0 Å². The van der Waals surface area contributed by atoms with Gasteiger partial charge < -0.3 is 19.5 Å². The lowest BCUT2D eigenvalue weighted by Crippen LogP contribution is -2.48. The molecule has 1 heterocycles. The normalized spacial score (nSPS) is 16.5. The number of urea groups is 1. The number of anilines is 1. The van der Waals surface area contributed by atoms with Crippen molar-refractivity contribution in [3.05, 3.63) is 65.4 Å². The Hall–Kier alpha value is -3.48. The molecule has 7 heteroatoms. The van der Waals surface area contributed by atoms with Crippen LogP contribution in [0.15, 0.2) is 59.8 Å². The van der Waals surface area contributed by atoms with E-state index < -0.39 is 12.0 Å². The van der Waals surface area contributed by atoms with E-state index in [0.29, 0.717) is 28.5 Å². The average Bonchev–Trinajstić information content (AvgIpc) is 2.73. The molecule has 2 aromatic rings. The summed E-state index contributed by atoms with van der Waals surface area (Å²) in [6, 6.07) is 13.2. The van der Waals surface area contributed by atoms with Crippen LogP contribution in [0.5, 0.6) is 11.5 Å². The molecule has 2 amide bonds. The molecule has 0 unspecified atom stereocenters. The Bertz CT molecular complexity index is 903. The molecule has 0 bridgehead atoms. The number of allylic oxidation sites excluding steroid dienone is 1. The number of methoxy groups -OCH3 is 3. The van der Waals surface area contributed by atoms with Crippen molar-refractivity contribution in [3.63, 3.8) is 0 Å². The number of hydrogen-bond acceptors (Lipinski definition) is 5. The number of esters is 1. The first-order valence-corrected chi connectivity index (χ1v) is 8.67. The average molecular weight is 382 g/mol. The molecule has 0 aliphatic carbocycles. The third-order valence-electron chi connectivity index (χ3n) is 4.67. The molecule has 3 rings (SSSR count). The molecule has 1 N–H and O–H groups in total. The second kappa shape index (κ2) is 8.04. The first-order valence-electron chi connectivity index (χ1n) is 8.67. The van der Waals surface area contributed by atoms with Crippen LogP contribution < -0.4 is 19.7 Å². The van der Waals surface area contributed by atoms with Crippen molar-refractivity contribution >= 4 is 17.7 Å². The van der Waals surface area contributed by atoms with Crippen molar-refractivity contribution in [3.8, 4) is 11.5 Å². The molecule has 0 aromatic heterocycles. The number of amides is 2. The van der Waals surface area contributed by atoms with E-state index in [4.69, 9.17) is 14.2 Å². The number of rotatable bonds is 5. The maximum atomic E-state index is 12.9. The van der Waals surface area contributed by atoms with Gasteiger partial charge in [0.15, 0.2) is 0 Å². The summed E-state index contributed by atoms with van der Waals surface area (Å²) in [4.78, 5) is 26.9. The highest BCUT2D eigenvalue weighted by atomic mass is 16.5. The Morgan fingerprint density at radius 2 is 1.46 bits per heavy atom. The third-order valence-corrected chi connectivity index (χ3v) is 4.67. The van der Waals surface area contributed by atoms with E-state index in [9.17, 15) is 9.59 Å². The van der Waals surface area contributed by atoms with Crippen LogP contribution in [0, 0.1) is 0 Å². The van der Waals surface area contributed by atoms with Gasteiger partial charge in [0.25, 0.3) is 0 Å². The highest BCUT2D eigenvalue weighted by molar-refractivity contribution is 6.03. The van der Waals surface area contributed by atoms with Gasteiger partial charge in [-0.2, -0.15) is 0 Å².